The van der Waals surface area contributed by atoms with E-state index in [4.69, 9.17) is 9.90 Å². The second-order valence-corrected chi connectivity index (χ2v) is 1.71. The summed E-state index contributed by atoms with van der Waals surface area (Å²) in [5.41, 5.74) is 0. The molecular formula is C6H8ClNO4. The Balaban J connectivity index is 0. The number of carboxylic acids is 1. The van der Waals surface area contributed by atoms with Crippen LogP contribution in [0.15, 0.2) is 12.2 Å². The van der Waals surface area contributed by atoms with E-state index in [0.29, 0.717) is 0 Å². The number of hydrogen-bond donors (Lipinski definition) is 2. The molecule has 0 spiro atoms. The molecule has 1 aliphatic heterocycles. The van der Waals surface area contributed by atoms with Gasteiger partial charge in [-0.2, -0.15) is 0 Å². The van der Waals surface area contributed by atoms with Gasteiger partial charge in [-0.15, -0.1) is 12.4 Å². The summed E-state index contributed by atoms with van der Waals surface area (Å²) < 4.78 is 0. The highest BCUT2D eigenvalue weighted by atomic mass is 35.5. The molecule has 0 unspecified atom stereocenters. The summed E-state index contributed by atoms with van der Waals surface area (Å²) in [6.45, 7) is 1.08. The van der Waals surface area contributed by atoms with Crippen LogP contribution in [0, 0.1) is 0 Å². The highest BCUT2D eigenvalue weighted by molar-refractivity contribution is 6.12. The number of amides is 2. The first-order valence-electron chi connectivity index (χ1n) is 2.75. The maximum atomic E-state index is 10.0. The van der Waals surface area contributed by atoms with Gasteiger partial charge in [-0.25, -0.2) is 0 Å². The second-order valence-electron chi connectivity index (χ2n) is 1.71. The fourth-order valence-electron chi connectivity index (χ4n) is 0.356. The van der Waals surface area contributed by atoms with E-state index in [-0.39, 0.29) is 24.2 Å². The average molecular weight is 194 g/mol. The Morgan fingerprint density at radius 3 is 1.67 bits per heavy atom. The molecule has 0 radical (unpaired) electrons. The Morgan fingerprint density at radius 1 is 1.33 bits per heavy atom. The van der Waals surface area contributed by atoms with Crippen molar-refractivity contribution in [3.05, 3.63) is 12.2 Å². The zero-order chi connectivity index (χ0) is 8.85. The van der Waals surface area contributed by atoms with E-state index in [1.807, 2.05) is 5.32 Å². The molecule has 0 aromatic heterocycles. The van der Waals surface area contributed by atoms with E-state index in [1.165, 1.54) is 12.2 Å². The lowest BCUT2D eigenvalue weighted by atomic mass is 10.6. The summed E-state index contributed by atoms with van der Waals surface area (Å²) >= 11 is 0. The van der Waals surface area contributed by atoms with Gasteiger partial charge in [0.2, 0.25) is 0 Å². The van der Waals surface area contributed by atoms with Crippen LogP contribution >= 0.6 is 12.4 Å². The topological polar surface area (TPSA) is 83.5 Å². The van der Waals surface area contributed by atoms with Crippen LogP contribution in [0.3, 0.4) is 0 Å². The molecule has 0 aliphatic carbocycles. The summed E-state index contributed by atoms with van der Waals surface area (Å²) in [7, 11) is 0. The molecule has 12 heavy (non-hydrogen) atoms. The third kappa shape index (κ3) is 8.64. The van der Waals surface area contributed by atoms with Crippen molar-refractivity contribution in [2.75, 3.05) is 0 Å². The van der Waals surface area contributed by atoms with Crippen molar-refractivity contribution in [2.24, 2.45) is 0 Å². The van der Waals surface area contributed by atoms with Crippen LogP contribution in [0.4, 0.5) is 0 Å². The highest BCUT2D eigenvalue weighted by Crippen LogP contribution is 1.82. The minimum atomic E-state index is -0.833. The van der Waals surface area contributed by atoms with E-state index in [9.17, 15) is 9.59 Å². The molecule has 1 heterocycles. The van der Waals surface area contributed by atoms with Gasteiger partial charge in [0.1, 0.15) is 0 Å². The number of aliphatic carboxylic acids is 1. The van der Waals surface area contributed by atoms with E-state index in [1.54, 1.807) is 0 Å². The van der Waals surface area contributed by atoms with Gasteiger partial charge in [0.05, 0.1) is 0 Å². The molecule has 0 aromatic rings. The van der Waals surface area contributed by atoms with Gasteiger partial charge in [0.15, 0.2) is 0 Å². The number of carbonyl (C=O) groups excluding carboxylic acids is 2. The highest BCUT2D eigenvalue weighted by Gasteiger charge is 2.06. The molecule has 68 valence electrons. The minimum Gasteiger partial charge on any atom is -0.481 e. The normalized spacial score (nSPS) is 12.4. The summed E-state index contributed by atoms with van der Waals surface area (Å²) in [4.78, 5) is 29.1. The maximum absolute atomic E-state index is 10.0. The Kier molecular flexibility index (Phi) is 7.02. The first kappa shape index (κ1) is 13.2. The van der Waals surface area contributed by atoms with Gasteiger partial charge in [-0.05, 0) is 0 Å². The van der Waals surface area contributed by atoms with Gasteiger partial charge >= 0.3 is 0 Å². The number of halogens is 1. The molecule has 0 bridgehead atoms. The maximum Gasteiger partial charge on any atom is 0.300 e. The Morgan fingerprint density at radius 2 is 1.58 bits per heavy atom. The lowest BCUT2D eigenvalue weighted by molar-refractivity contribution is -0.134. The summed E-state index contributed by atoms with van der Waals surface area (Å²) in [6, 6.07) is 0. The van der Waals surface area contributed by atoms with E-state index < -0.39 is 5.97 Å². The van der Waals surface area contributed by atoms with Crippen LogP contribution in [-0.4, -0.2) is 22.9 Å². The number of nitrogens with one attached hydrogen (secondary N) is 1. The third-order valence-corrected chi connectivity index (χ3v) is 0.632. The first-order valence-corrected chi connectivity index (χ1v) is 2.75. The van der Waals surface area contributed by atoms with Crippen molar-refractivity contribution >= 4 is 30.2 Å². The Labute approximate surface area is 74.9 Å². The fourth-order valence-corrected chi connectivity index (χ4v) is 0.356. The number of rotatable bonds is 0. The van der Waals surface area contributed by atoms with Gasteiger partial charge < -0.3 is 5.11 Å². The van der Waals surface area contributed by atoms with Crippen molar-refractivity contribution < 1.29 is 19.5 Å². The third-order valence-electron chi connectivity index (χ3n) is 0.632. The van der Waals surface area contributed by atoms with Gasteiger partial charge in [0.25, 0.3) is 17.8 Å². The summed E-state index contributed by atoms with van der Waals surface area (Å²) in [5, 5.41) is 9.44. The fraction of sp³-hybridized carbons (Fsp3) is 0.167. The summed E-state index contributed by atoms with van der Waals surface area (Å²) in [6.07, 6.45) is 2.39. The van der Waals surface area contributed by atoms with E-state index in [0.717, 1.165) is 6.92 Å². The number of carbonyl (C=O) groups is 3. The SMILES string of the molecule is CC(=O)O.Cl.O=C1C=CC(=O)N1. The Bertz CT molecular complexity index is 204. The van der Waals surface area contributed by atoms with Crippen molar-refractivity contribution in [3.63, 3.8) is 0 Å². The lowest BCUT2D eigenvalue weighted by Crippen LogP contribution is -2.19. The molecule has 2 N–H and O–H groups in total. The van der Waals surface area contributed by atoms with Crippen LogP contribution in [-0.2, 0) is 14.4 Å². The molecule has 1 rings (SSSR count). The van der Waals surface area contributed by atoms with Crippen LogP contribution in [0.25, 0.3) is 0 Å². The standard InChI is InChI=1S/C4H3NO2.C2H4O2.ClH/c6-3-1-2-4(7)5-3;1-2(3)4;/h1-2H,(H,5,6,7);1H3,(H,3,4);1H. The zero-order valence-corrected chi connectivity index (χ0v) is 7.05. The molecule has 0 atom stereocenters. The minimum absolute atomic E-state index is 0. The smallest absolute Gasteiger partial charge is 0.300 e. The van der Waals surface area contributed by atoms with E-state index in [2.05, 4.69) is 0 Å². The van der Waals surface area contributed by atoms with Crippen molar-refractivity contribution in [1.82, 2.24) is 5.32 Å². The predicted octanol–water partition coefficient (Wildman–Crippen LogP) is -0.288. The van der Waals surface area contributed by atoms with Crippen molar-refractivity contribution in [1.29, 1.82) is 0 Å². The second kappa shape index (κ2) is 6.36. The van der Waals surface area contributed by atoms with Gasteiger partial charge in [-0.1, -0.05) is 0 Å². The molecule has 1 aliphatic rings. The van der Waals surface area contributed by atoms with Gasteiger partial charge in [0, 0.05) is 19.1 Å². The van der Waals surface area contributed by atoms with E-state index >= 15 is 0 Å². The quantitative estimate of drug-likeness (QED) is 0.518. The lowest BCUT2D eigenvalue weighted by Gasteiger charge is -1.80. The summed E-state index contributed by atoms with van der Waals surface area (Å²) in [5.74, 6) is -1.49. The molecule has 2 amide bonds. The van der Waals surface area contributed by atoms with Crippen LogP contribution in [0.1, 0.15) is 6.92 Å². The van der Waals surface area contributed by atoms with Crippen LogP contribution in [0.5, 0.6) is 0 Å². The molecule has 5 nitrogen and oxygen atoms in total. The van der Waals surface area contributed by atoms with Gasteiger partial charge in [-0.3, -0.25) is 19.7 Å². The van der Waals surface area contributed by atoms with Crippen LogP contribution < -0.4 is 5.32 Å². The average Bonchev–Trinajstić information content (AvgIpc) is 2.13. The number of carboxylic acid groups (broad SMARTS) is 1. The number of imide groups is 1. The van der Waals surface area contributed by atoms with Crippen molar-refractivity contribution in [2.45, 2.75) is 6.92 Å². The Hall–Kier alpha value is -1.36. The molecule has 6 heteroatoms. The molecule has 0 saturated heterocycles. The largest absolute Gasteiger partial charge is 0.481 e. The zero-order valence-electron chi connectivity index (χ0n) is 6.23. The monoisotopic (exact) mass is 193 g/mol. The van der Waals surface area contributed by atoms with Crippen LogP contribution in [0.2, 0.25) is 0 Å². The molecule has 0 fully saturated rings. The molecule has 0 aromatic carbocycles. The molecule has 0 saturated carbocycles. The van der Waals surface area contributed by atoms with Crippen molar-refractivity contribution in [3.8, 4) is 0 Å². The molecular weight excluding hydrogens is 186 g/mol. The predicted molar refractivity (Wildman–Crippen MR) is 42.8 cm³/mol. The number of hydrogen-bond acceptors (Lipinski definition) is 3. The first-order chi connectivity index (χ1) is 5.02.